The Morgan fingerprint density at radius 1 is 1.20 bits per heavy atom. The van der Waals surface area contributed by atoms with Crippen molar-refractivity contribution in [2.24, 2.45) is 0 Å². The molecule has 0 radical (unpaired) electrons. The van der Waals surface area contributed by atoms with Crippen LogP contribution in [-0.4, -0.2) is 38.9 Å². The quantitative estimate of drug-likeness (QED) is 0.646. The van der Waals surface area contributed by atoms with Crippen molar-refractivity contribution in [3.63, 3.8) is 0 Å². The summed E-state index contributed by atoms with van der Waals surface area (Å²) in [5.74, 6) is 0.869. The number of carbonyl (C=O) groups excluding carboxylic acids is 1. The van der Waals surface area contributed by atoms with E-state index in [0.29, 0.717) is 34.9 Å². The second-order valence-electron chi connectivity index (χ2n) is 7.03. The Hall–Kier alpha value is -3.24. The SMILES string of the molecule is CCOc1cc(OC2CCNCC2)cc(C(Nc2ccc(C#N)cc2)C(=O)OC)c1. The van der Waals surface area contributed by atoms with E-state index in [1.54, 1.807) is 24.3 Å². The van der Waals surface area contributed by atoms with Crippen molar-refractivity contribution in [1.82, 2.24) is 5.32 Å². The summed E-state index contributed by atoms with van der Waals surface area (Å²) in [7, 11) is 1.36. The maximum Gasteiger partial charge on any atom is 0.332 e. The zero-order valence-corrected chi connectivity index (χ0v) is 17.3. The topological polar surface area (TPSA) is 92.6 Å². The van der Waals surface area contributed by atoms with Gasteiger partial charge in [-0.15, -0.1) is 0 Å². The van der Waals surface area contributed by atoms with Crippen molar-refractivity contribution in [3.8, 4) is 17.6 Å². The van der Waals surface area contributed by atoms with E-state index in [1.165, 1.54) is 7.11 Å². The van der Waals surface area contributed by atoms with Gasteiger partial charge in [-0.3, -0.25) is 0 Å². The van der Waals surface area contributed by atoms with Gasteiger partial charge in [0.25, 0.3) is 0 Å². The van der Waals surface area contributed by atoms with Crippen LogP contribution in [0.3, 0.4) is 0 Å². The van der Waals surface area contributed by atoms with Gasteiger partial charge in [-0.1, -0.05) is 0 Å². The first-order chi connectivity index (χ1) is 14.6. The molecule has 158 valence electrons. The molecule has 0 saturated carbocycles. The third-order valence-electron chi connectivity index (χ3n) is 4.90. The van der Waals surface area contributed by atoms with E-state index in [2.05, 4.69) is 16.7 Å². The minimum Gasteiger partial charge on any atom is -0.494 e. The monoisotopic (exact) mass is 409 g/mol. The number of benzene rings is 2. The van der Waals surface area contributed by atoms with Crippen LogP contribution in [0.2, 0.25) is 0 Å². The number of ether oxygens (including phenoxy) is 3. The molecule has 30 heavy (non-hydrogen) atoms. The van der Waals surface area contributed by atoms with Gasteiger partial charge in [0.05, 0.1) is 25.3 Å². The summed E-state index contributed by atoms with van der Waals surface area (Å²) >= 11 is 0. The number of nitriles is 1. The van der Waals surface area contributed by atoms with E-state index in [-0.39, 0.29) is 6.10 Å². The minimum absolute atomic E-state index is 0.124. The average Bonchev–Trinajstić information content (AvgIpc) is 2.78. The number of anilines is 1. The van der Waals surface area contributed by atoms with Crippen molar-refractivity contribution in [3.05, 3.63) is 53.6 Å². The van der Waals surface area contributed by atoms with E-state index < -0.39 is 12.0 Å². The van der Waals surface area contributed by atoms with E-state index in [4.69, 9.17) is 19.5 Å². The van der Waals surface area contributed by atoms with Crippen LogP contribution in [0, 0.1) is 11.3 Å². The van der Waals surface area contributed by atoms with Crippen LogP contribution in [-0.2, 0) is 9.53 Å². The highest BCUT2D eigenvalue weighted by Crippen LogP contribution is 2.31. The van der Waals surface area contributed by atoms with Gasteiger partial charge in [0.2, 0.25) is 0 Å². The average molecular weight is 409 g/mol. The zero-order chi connectivity index (χ0) is 21.3. The van der Waals surface area contributed by atoms with Crippen molar-refractivity contribution in [1.29, 1.82) is 5.26 Å². The highest BCUT2D eigenvalue weighted by atomic mass is 16.5. The van der Waals surface area contributed by atoms with Crippen molar-refractivity contribution in [2.45, 2.75) is 31.9 Å². The fraction of sp³-hybridized carbons (Fsp3) is 0.391. The second kappa shape index (κ2) is 10.5. The molecule has 0 bridgehead atoms. The summed E-state index contributed by atoms with van der Waals surface area (Å²) in [6, 6.07) is 13.8. The van der Waals surface area contributed by atoms with Gasteiger partial charge in [0.15, 0.2) is 6.04 Å². The number of hydrogen-bond acceptors (Lipinski definition) is 7. The Balaban J connectivity index is 1.89. The lowest BCUT2D eigenvalue weighted by Gasteiger charge is -2.25. The Bertz CT molecular complexity index is 886. The van der Waals surface area contributed by atoms with Crippen LogP contribution in [0.1, 0.15) is 36.9 Å². The molecule has 1 atom stereocenters. The molecule has 0 aliphatic carbocycles. The Morgan fingerprint density at radius 2 is 1.90 bits per heavy atom. The molecule has 1 saturated heterocycles. The van der Waals surface area contributed by atoms with Gasteiger partial charge in [-0.05, 0) is 74.8 Å². The Labute approximate surface area is 176 Å². The molecular formula is C23H27N3O4. The maximum atomic E-state index is 12.6. The summed E-state index contributed by atoms with van der Waals surface area (Å²) < 4.78 is 16.9. The molecule has 1 unspecified atom stereocenters. The van der Waals surface area contributed by atoms with Crippen molar-refractivity contribution < 1.29 is 19.0 Å². The molecule has 0 spiro atoms. The number of methoxy groups -OCH3 is 1. The van der Waals surface area contributed by atoms with Gasteiger partial charge >= 0.3 is 5.97 Å². The lowest BCUT2D eigenvalue weighted by molar-refractivity contribution is -0.141. The predicted molar refractivity (Wildman–Crippen MR) is 114 cm³/mol. The van der Waals surface area contributed by atoms with Gasteiger partial charge in [0.1, 0.15) is 17.6 Å². The molecule has 1 fully saturated rings. The lowest BCUT2D eigenvalue weighted by atomic mass is 10.0. The largest absolute Gasteiger partial charge is 0.494 e. The lowest BCUT2D eigenvalue weighted by Crippen LogP contribution is -2.34. The van der Waals surface area contributed by atoms with Gasteiger partial charge in [-0.25, -0.2) is 4.79 Å². The normalized spacial score (nSPS) is 15.0. The standard InChI is InChI=1S/C23H27N3O4/c1-3-29-20-12-17(13-21(14-20)30-19-8-10-25-11-9-19)22(23(27)28-2)26-18-6-4-16(15-24)5-7-18/h4-7,12-14,19,22,25-26H,3,8-11H2,1-2H3. The minimum atomic E-state index is -0.751. The zero-order valence-electron chi connectivity index (χ0n) is 17.3. The molecule has 2 aromatic carbocycles. The van der Waals surface area contributed by atoms with Crippen molar-refractivity contribution in [2.75, 3.05) is 32.1 Å². The maximum absolute atomic E-state index is 12.6. The van der Waals surface area contributed by atoms with Crippen LogP contribution in [0.15, 0.2) is 42.5 Å². The van der Waals surface area contributed by atoms with Crippen LogP contribution < -0.4 is 20.1 Å². The van der Waals surface area contributed by atoms with E-state index in [9.17, 15) is 4.79 Å². The molecule has 1 aliphatic rings. The van der Waals surface area contributed by atoms with Crippen LogP contribution >= 0.6 is 0 Å². The molecule has 1 aliphatic heterocycles. The van der Waals surface area contributed by atoms with E-state index in [1.807, 2.05) is 25.1 Å². The fourth-order valence-electron chi connectivity index (χ4n) is 3.39. The predicted octanol–water partition coefficient (Wildman–Crippen LogP) is 3.41. The number of nitrogens with zero attached hydrogens (tertiary/aromatic N) is 1. The molecule has 2 N–H and O–H groups in total. The second-order valence-corrected chi connectivity index (χ2v) is 7.03. The fourth-order valence-corrected chi connectivity index (χ4v) is 3.39. The summed E-state index contributed by atoms with van der Waals surface area (Å²) in [4.78, 5) is 12.6. The van der Waals surface area contributed by atoms with Crippen LogP contribution in [0.5, 0.6) is 11.5 Å². The number of carbonyl (C=O) groups is 1. The third kappa shape index (κ3) is 5.65. The molecule has 1 heterocycles. The first-order valence-corrected chi connectivity index (χ1v) is 10.1. The first-order valence-electron chi connectivity index (χ1n) is 10.1. The van der Waals surface area contributed by atoms with Gasteiger partial charge in [-0.2, -0.15) is 5.26 Å². The Morgan fingerprint density at radius 3 is 2.53 bits per heavy atom. The van der Waals surface area contributed by atoms with Crippen LogP contribution in [0.25, 0.3) is 0 Å². The number of esters is 1. The molecule has 0 amide bonds. The number of nitrogens with one attached hydrogen (secondary N) is 2. The van der Waals surface area contributed by atoms with Crippen molar-refractivity contribution >= 4 is 11.7 Å². The van der Waals surface area contributed by atoms with Crippen LogP contribution in [0.4, 0.5) is 5.69 Å². The number of piperidine rings is 1. The highest BCUT2D eigenvalue weighted by molar-refractivity contribution is 5.81. The summed E-state index contributed by atoms with van der Waals surface area (Å²) in [6.45, 7) is 4.26. The number of rotatable bonds is 8. The van der Waals surface area contributed by atoms with E-state index in [0.717, 1.165) is 25.9 Å². The molecule has 7 nitrogen and oxygen atoms in total. The van der Waals surface area contributed by atoms with Gasteiger partial charge in [0, 0.05) is 11.8 Å². The molecular weight excluding hydrogens is 382 g/mol. The van der Waals surface area contributed by atoms with Gasteiger partial charge < -0.3 is 24.8 Å². The summed E-state index contributed by atoms with van der Waals surface area (Å²) in [5.41, 5.74) is 1.93. The molecule has 2 aromatic rings. The summed E-state index contributed by atoms with van der Waals surface area (Å²) in [5, 5.41) is 15.5. The molecule has 7 heteroatoms. The first kappa shape index (κ1) is 21.5. The molecule has 0 aromatic heterocycles. The third-order valence-corrected chi connectivity index (χ3v) is 4.90. The smallest absolute Gasteiger partial charge is 0.332 e. The van der Waals surface area contributed by atoms with E-state index >= 15 is 0 Å². The Kier molecular flexibility index (Phi) is 7.52. The molecule has 3 rings (SSSR count). The highest BCUT2D eigenvalue weighted by Gasteiger charge is 2.24. The number of hydrogen-bond donors (Lipinski definition) is 2. The summed E-state index contributed by atoms with van der Waals surface area (Å²) in [6.07, 6.45) is 1.98.